The molecule has 2 aliphatic heterocycles. The minimum atomic E-state index is -0.277. The number of benzene rings is 1. The molecule has 1 aromatic carbocycles. The molecular weight excluding hydrogens is 337 g/mol. The quantitative estimate of drug-likeness (QED) is 0.816. The van der Waals surface area contributed by atoms with Gasteiger partial charge in [-0.15, -0.1) is 0 Å². The number of carbonyl (C=O) groups is 2. The predicted octanol–water partition coefficient (Wildman–Crippen LogP) is 2.12. The van der Waals surface area contributed by atoms with Crippen molar-refractivity contribution >= 4 is 40.7 Å². The van der Waals surface area contributed by atoms with E-state index in [4.69, 9.17) is 23.2 Å². The van der Waals surface area contributed by atoms with Crippen molar-refractivity contribution in [2.45, 2.75) is 6.42 Å². The molecule has 3 rings (SSSR count). The third-order valence-electron chi connectivity index (χ3n) is 4.50. The molecule has 7 heteroatoms. The molecule has 2 saturated heterocycles. The summed E-state index contributed by atoms with van der Waals surface area (Å²) in [5.41, 5.74) is 0.693. The lowest BCUT2D eigenvalue weighted by Gasteiger charge is -2.33. The average molecular weight is 356 g/mol. The van der Waals surface area contributed by atoms with Gasteiger partial charge in [0.2, 0.25) is 11.8 Å². The Morgan fingerprint density at radius 3 is 2.48 bits per heavy atom. The van der Waals surface area contributed by atoms with Crippen molar-refractivity contribution in [1.29, 1.82) is 0 Å². The van der Waals surface area contributed by atoms with Crippen LogP contribution in [0.3, 0.4) is 0 Å². The summed E-state index contributed by atoms with van der Waals surface area (Å²) in [6.07, 6.45) is 0.255. The summed E-state index contributed by atoms with van der Waals surface area (Å²) < 4.78 is 0. The van der Waals surface area contributed by atoms with Crippen molar-refractivity contribution < 1.29 is 9.59 Å². The zero-order chi connectivity index (χ0) is 16.6. The second kappa shape index (κ2) is 6.67. The highest BCUT2D eigenvalue weighted by Crippen LogP contribution is 2.31. The van der Waals surface area contributed by atoms with Gasteiger partial charge in [-0.1, -0.05) is 23.2 Å². The van der Waals surface area contributed by atoms with Crippen molar-refractivity contribution in [3.8, 4) is 0 Å². The van der Waals surface area contributed by atoms with Gasteiger partial charge in [-0.05, 0) is 25.2 Å². The summed E-state index contributed by atoms with van der Waals surface area (Å²) in [5, 5.41) is 0.859. The molecule has 0 bridgehead atoms. The number of anilines is 1. The first kappa shape index (κ1) is 16.6. The Morgan fingerprint density at radius 1 is 1.13 bits per heavy atom. The molecule has 2 amide bonds. The van der Waals surface area contributed by atoms with E-state index in [1.807, 2.05) is 11.9 Å². The lowest BCUT2D eigenvalue weighted by molar-refractivity contribution is -0.137. The van der Waals surface area contributed by atoms with Crippen molar-refractivity contribution in [3.63, 3.8) is 0 Å². The maximum atomic E-state index is 12.6. The topological polar surface area (TPSA) is 43.9 Å². The van der Waals surface area contributed by atoms with E-state index in [9.17, 15) is 9.59 Å². The standard InChI is InChI=1S/C16H19Cl2N3O2/c1-19-4-6-20(7-5-19)16(23)11-8-15(22)21(10-11)12-2-3-13(17)14(18)9-12/h2-3,9,11H,4-8,10H2,1H3. The fourth-order valence-corrected chi connectivity index (χ4v) is 3.35. The molecule has 23 heavy (non-hydrogen) atoms. The molecule has 0 aromatic heterocycles. The molecule has 2 fully saturated rings. The number of piperazine rings is 1. The average Bonchev–Trinajstić information content (AvgIpc) is 2.92. The van der Waals surface area contributed by atoms with Crippen LogP contribution in [0, 0.1) is 5.92 Å². The van der Waals surface area contributed by atoms with Gasteiger partial charge in [0.15, 0.2) is 0 Å². The highest BCUT2D eigenvalue weighted by Gasteiger charge is 2.37. The van der Waals surface area contributed by atoms with Crippen molar-refractivity contribution in [2.75, 3.05) is 44.7 Å². The Balaban J connectivity index is 1.69. The summed E-state index contributed by atoms with van der Waals surface area (Å²) in [7, 11) is 2.05. The molecule has 0 saturated carbocycles. The number of hydrogen-bond donors (Lipinski definition) is 0. The molecule has 1 atom stereocenters. The van der Waals surface area contributed by atoms with Gasteiger partial charge in [0.25, 0.3) is 0 Å². The van der Waals surface area contributed by atoms with Crippen LogP contribution < -0.4 is 4.90 Å². The van der Waals surface area contributed by atoms with E-state index in [0.29, 0.717) is 22.3 Å². The maximum absolute atomic E-state index is 12.6. The van der Waals surface area contributed by atoms with Crippen LogP contribution in [0.4, 0.5) is 5.69 Å². The van der Waals surface area contributed by atoms with Crippen LogP contribution in [0.15, 0.2) is 18.2 Å². The summed E-state index contributed by atoms with van der Waals surface area (Å²) in [6, 6.07) is 5.10. The monoisotopic (exact) mass is 355 g/mol. The van der Waals surface area contributed by atoms with E-state index in [-0.39, 0.29) is 24.2 Å². The predicted molar refractivity (Wildman–Crippen MR) is 91.0 cm³/mol. The Morgan fingerprint density at radius 2 is 1.83 bits per heavy atom. The molecular formula is C16H19Cl2N3O2. The molecule has 1 aromatic rings. The molecule has 5 nitrogen and oxygen atoms in total. The Labute approximate surface area is 145 Å². The van der Waals surface area contributed by atoms with E-state index in [2.05, 4.69) is 4.90 Å². The van der Waals surface area contributed by atoms with E-state index in [1.165, 1.54) is 0 Å². The van der Waals surface area contributed by atoms with Gasteiger partial charge in [0, 0.05) is 44.8 Å². The van der Waals surface area contributed by atoms with E-state index >= 15 is 0 Å². The van der Waals surface area contributed by atoms with Crippen molar-refractivity contribution in [2.24, 2.45) is 5.92 Å². The number of hydrogen-bond acceptors (Lipinski definition) is 3. The van der Waals surface area contributed by atoms with Gasteiger partial charge in [0.05, 0.1) is 16.0 Å². The summed E-state index contributed by atoms with van der Waals surface area (Å²) >= 11 is 11.9. The summed E-state index contributed by atoms with van der Waals surface area (Å²) in [5.74, 6) is -0.245. The molecule has 1 unspecified atom stereocenters. The SMILES string of the molecule is CN1CCN(C(=O)C2CC(=O)N(c3ccc(Cl)c(Cl)c3)C2)CC1. The van der Waals surface area contributed by atoms with Crippen LogP contribution in [0.1, 0.15) is 6.42 Å². The van der Waals surface area contributed by atoms with E-state index in [1.54, 1.807) is 23.1 Å². The summed E-state index contributed by atoms with van der Waals surface area (Å²) in [4.78, 5) is 30.6. The Bertz CT molecular complexity index is 630. The van der Waals surface area contributed by atoms with Crippen LogP contribution in [-0.4, -0.2) is 61.4 Å². The normalized spacial score (nSPS) is 22.7. The van der Waals surface area contributed by atoms with Crippen LogP contribution in [0.25, 0.3) is 0 Å². The van der Waals surface area contributed by atoms with Crippen LogP contribution in [-0.2, 0) is 9.59 Å². The molecule has 2 heterocycles. The number of rotatable bonds is 2. The molecule has 2 aliphatic rings. The van der Waals surface area contributed by atoms with Crippen molar-refractivity contribution in [1.82, 2.24) is 9.80 Å². The van der Waals surface area contributed by atoms with Gasteiger partial charge >= 0.3 is 0 Å². The molecule has 0 aliphatic carbocycles. The largest absolute Gasteiger partial charge is 0.340 e. The number of halogens is 2. The van der Waals surface area contributed by atoms with Gasteiger partial charge in [0.1, 0.15) is 0 Å². The lowest BCUT2D eigenvalue weighted by Crippen LogP contribution is -2.49. The van der Waals surface area contributed by atoms with Gasteiger partial charge < -0.3 is 14.7 Å². The fourth-order valence-electron chi connectivity index (χ4n) is 3.06. The third-order valence-corrected chi connectivity index (χ3v) is 5.24. The van der Waals surface area contributed by atoms with Gasteiger partial charge in [-0.2, -0.15) is 0 Å². The fraction of sp³-hybridized carbons (Fsp3) is 0.500. The van der Waals surface area contributed by atoms with Crippen molar-refractivity contribution in [3.05, 3.63) is 28.2 Å². The lowest BCUT2D eigenvalue weighted by atomic mass is 10.1. The van der Waals surface area contributed by atoms with Gasteiger partial charge in [-0.25, -0.2) is 0 Å². The van der Waals surface area contributed by atoms with E-state index < -0.39 is 0 Å². The second-order valence-electron chi connectivity index (χ2n) is 6.13. The Hall–Kier alpha value is -1.30. The smallest absolute Gasteiger partial charge is 0.228 e. The molecule has 124 valence electrons. The highest BCUT2D eigenvalue weighted by atomic mass is 35.5. The Kier molecular flexibility index (Phi) is 4.80. The van der Waals surface area contributed by atoms with Crippen LogP contribution >= 0.6 is 23.2 Å². The minimum absolute atomic E-state index is 0.0455. The zero-order valence-electron chi connectivity index (χ0n) is 13.0. The highest BCUT2D eigenvalue weighted by molar-refractivity contribution is 6.42. The first-order chi connectivity index (χ1) is 11.0. The second-order valence-corrected chi connectivity index (χ2v) is 6.95. The number of nitrogens with zero attached hydrogens (tertiary/aromatic N) is 3. The molecule has 0 radical (unpaired) electrons. The molecule has 0 N–H and O–H groups in total. The maximum Gasteiger partial charge on any atom is 0.228 e. The first-order valence-electron chi connectivity index (χ1n) is 7.68. The van der Waals surface area contributed by atoms with Crippen LogP contribution in [0.2, 0.25) is 10.0 Å². The first-order valence-corrected chi connectivity index (χ1v) is 8.44. The minimum Gasteiger partial charge on any atom is -0.340 e. The zero-order valence-corrected chi connectivity index (χ0v) is 14.5. The van der Waals surface area contributed by atoms with Gasteiger partial charge in [-0.3, -0.25) is 9.59 Å². The van der Waals surface area contributed by atoms with E-state index in [0.717, 1.165) is 26.2 Å². The number of amides is 2. The van der Waals surface area contributed by atoms with Crippen LogP contribution in [0.5, 0.6) is 0 Å². The number of carbonyl (C=O) groups excluding carboxylic acids is 2. The molecule has 0 spiro atoms. The number of likely N-dealkylation sites (N-methyl/N-ethyl adjacent to an activating group) is 1. The third kappa shape index (κ3) is 3.47. The summed E-state index contributed by atoms with van der Waals surface area (Å²) in [6.45, 7) is 3.62.